The smallest absolute Gasteiger partial charge is 0.123 e. The number of aryl methyl sites for hydroxylation is 2. The number of benzene rings is 10. The van der Waals surface area contributed by atoms with Crippen molar-refractivity contribution in [1.29, 1.82) is 0 Å². The second kappa shape index (κ2) is 45.7. The first-order valence-electron chi connectivity index (χ1n) is 45.0. The van der Waals surface area contributed by atoms with Gasteiger partial charge in [-0.3, -0.25) is 0 Å². The molecule has 686 valence electrons. The molecule has 10 N–H and O–H groups in total. The van der Waals surface area contributed by atoms with E-state index in [0.717, 1.165) is 69.6 Å². The van der Waals surface area contributed by atoms with Gasteiger partial charge in [-0.1, -0.05) is 364 Å². The summed E-state index contributed by atoms with van der Waals surface area (Å²) in [6.07, 6.45) is 0. The summed E-state index contributed by atoms with van der Waals surface area (Å²) in [7, 11) is -6.58. The molecule has 0 aromatic heterocycles. The number of hydrogen-bond donors (Lipinski definition) is 10. The first-order valence-corrected chi connectivity index (χ1v) is 71.0. The molecule has 10 rings (SSSR count). The van der Waals surface area contributed by atoms with Crippen LogP contribution in [0.25, 0.3) is 0 Å². The van der Waals surface area contributed by atoms with Crippen LogP contribution in [0.3, 0.4) is 0 Å². The summed E-state index contributed by atoms with van der Waals surface area (Å²) in [5, 5.41) is 91.1. The number of phenols is 5. The highest BCUT2D eigenvalue weighted by atomic mass is 31.1. The summed E-state index contributed by atoms with van der Waals surface area (Å²) < 4.78 is 0. The lowest BCUT2D eigenvalue weighted by Gasteiger charge is -2.26. The van der Waals surface area contributed by atoms with Gasteiger partial charge in [0.25, 0.3) is 0 Å². The zero-order valence-electron chi connectivity index (χ0n) is 83.7. The summed E-state index contributed by atoms with van der Waals surface area (Å²) in [5.74, 6) is 2.38. The van der Waals surface area contributed by atoms with E-state index >= 15 is 0 Å². The molecule has 10 aromatic rings. The largest absolute Gasteiger partial charge is 0.507 e. The zero-order chi connectivity index (χ0) is 94.9. The van der Waals surface area contributed by atoms with Crippen molar-refractivity contribution in [2.24, 2.45) is 0 Å². The highest BCUT2D eigenvalue weighted by Crippen LogP contribution is 2.29. The van der Waals surface area contributed by atoms with Crippen LogP contribution < -0.4 is 111 Å². The molecule has 0 spiro atoms. The molecule has 0 aliphatic carbocycles. The third-order valence-corrected chi connectivity index (χ3v) is 40.7. The standard InChI is InChI=1S/C23H38NOPSi2.2C21H32NOPSi.2C20H30NOPSi/c1-23(2,3)24-16-17-12-10-11-13-19(17)26-20-14-18(27(4,5)6)15-21(22(20)25)28(7,8)9;1-15-8-11-19(16(12-15)14-22-21(2,3)4)24-20-13-17(25(5,6)7)9-10-18(20)23;1-15-10-8-11-16(14-22-21(2,3)4)20(15)24-17-12-9-13-18(19(17)23)25(5,6)7;1-20(2,3)21-14-15-10-7-8-11-16(15)23-17-12-9-13-18(19(17)22)24(4,5)6;1-20(2,3)21-14-15-9-7-8-10-18(15)23-19-13-16(24(4,5)6)11-12-17(19)22/h10-15,24-26H,16H2,1-9H3;2*8-13,22-24H,14H2,1-7H3;2*7-13,21-23H,14H2,1-6H3. The molecule has 0 saturated carbocycles. The van der Waals surface area contributed by atoms with Crippen molar-refractivity contribution >= 4 is 176 Å². The molecule has 0 radical (unpaired) electrons. The lowest BCUT2D eigenvalue weighted by molar-refractivity contribution is 0.424. The Bertz CT molecular complexity index is 5140. The predicted molar refractivity (Wildman–Crippen MR) is 591 cm³/mol. The minimum absolute atomic E-state index is 0.0844. The van der Waals surface area contributed by atoms with Gasteiger partial charge in [-0.25, -0.2) is 0 Å². The number of para-hydroxylation sites is 2. The molecule has 0 saturated heterocycles. The number of phenolic OH excluding ortho intramolecular Hbond substituents is 5. The predicted octanol–water partition coefficient (Wildman–Crippen LogP) is 18.4. The van der Waals surface area contributed by atoms with Crippen LogP contribution in [0.2, 0.25) is 118 Å². The quantitative estimate of drug-likeness (QED) is 0.0187. The number of aromatic hydroxyl groups is 5. The summed E-state index contributed by atoms with van der Waals surface area (Å²) in [6.45, 7) is 83.2. The van der Waals surface area contributed by atoms with Gasteiger partial charge in [-0.2, -0.15) is 0 Å². The van der Waals surface area contributed by atoms with Crippen LogP contribution in [0.4, 0.5) is 0 Å². The molecule has 21 heteroatoms. The topological polar surface area (TPSA) is 161 Å². The van der Waals surface area contributed by atoms with E-state index in [2.05, 4.69) is 444 Å². The van der Waals surface area contributed by atoms with Gasteiger partial charge in [0.05, 0.1) is 48.4 Å². The number of hydrogen-bond acceptors (Lipinski definition) is 10. The molecule has 0 aliphatic rings. The van der Waals surface area contributed by atoms with Crippen molar-refractivity contribution in [3.05, 3.63) is 233 Å². The normalized spacial score (nSPS) is 13.0. The van der Waals surface area contributed by atoms with Crippen molar-refractivity contribution in [2.45, 2.75) is 296 Å². The van der Waals surface area contributed by atoms with Crippen LogP contribution in [-0.2, 0) is 32.7 Å². The van der Waals surface area contributed by atoms with Crippen molar-refractivity contribution in [1.82, 2.24) is 26.6 Å². The van der Waals surface area contributed by atoms with Gasteiger partial charge in [0.15, 0.2) is 0 Å². The molecule has 0 aliphatic heterocycles. The number of nitrogens with one attached hydrogen (secondary N) is 5. The van der Waals surface area contributed by atoms with Gasteiger partial charge < -0.3 is 52.1 Å². The van der Waals surface area contributed by atoms with E-state index in [9.17, 15) is 25.5 Å². The Morgan fingerprint density at radius 3 is 0.881 bits per heavy atom. The maximum absolute atomic E-state index is 11.2. The Kier molecular flexibility index (Phi) is 39.6. The molecular weight excluding hydrogens is 1730 g/mol. The number of rotatable bonds is 26. The Labute approximate surface area is 779 Å². The Hall–Kier alpha value is -5.55. The third-order valence-electron chi connectivity index (χ3n) is 21.3. The van der Waals surface area contributed by atoms with E-state index in [1.807, 2.05) is 12.1 Å². The van der Waals surface area contributed by atoms with Gasteiger partial charge in [0.1, 0.15) is 28.7 Å². The van der Waals surface area contributed by atoms with Gasteiger partial charge in [0, 0.05) is 86.9 Å². The highest BCUT2D eigenvalue weighted by Gasteiger charge is 2.30. The van der Waals surface area contributed by atoms with E-state index in [1.165, 1.54) is 86.2 Å². The summed E-state index contributed by atoms with van der Waals surface area (Å²) in [5.41, 5.74) is 9.61. The molecule has 0 fully saturated rings. The average molecular weight is 1900 g/mol. The van der Waals surface area contributed by atoms with Gasteiger partial charge in [-0.15, -0.1) is 0 Å². The first kappa shape index (κ1) is 109. The SMILES string of the molecule is CC(C)(C)NCc1ccccc1Pc1cc([Si](C)(C)C)cc([Si](C)(C)C)c1O.CC(C)(C)NCc1ccccc1Pc1cc([Si](C)(C)C)ccc1O.CC(C)(C)NCc1ccccc1Pc1cccc([Si](C)(C)C)c1O.Cc1ccc(Pc2cc([Si](C)(C)C)ccc2O)c(CNC(C)(C)C)c1.Cc1cccc(CNC(C)(C)C)c1Pc1cccc([Si](C)(C)C)c1O. The molecule has 126 heavy (non-hydrogen) atoms. The summed E-state index contributed by atoms with van der Waals surface area (Å²) >= 11 is 0. The van der Waals surface area contributed by atoms with Crippen LogP contribution in [0.5, 0.6) is 28.7 Å². The Morgan fingerprint density at radius 1 is 0.238 bits per heavy atom. The van der Waals surface area contributed by atoms with Crippen molar-refractivity contribution in [3.8, 4) is 28.7 Å². The minimum Gasteiger partial charge on any atom is -0.507 e. The maximum Gasteiger partial charge on any atom is 0.123 e. The van der Waals surface area contributed by atoms with Crippen LogP contribution in [0, 0.1) is 13.8 Å². The Morgan fingerprint density at radius 2 is 0.524 bits per heavy atom. The van der Waals surface area contributed by atoms with E-state index in [1.54, 1.807) is 0 Å². The van der Waals surface area contributed by atoms with E-state index in [-0.39, 0.29) is 27.7 Å². The van der Waals surface area contributed by atoms with E-state index < -0.39 is 48.4 Å². The summed E-state index contributed by atoms with van der Waals surface area (Å²) in [6, 6.07) is 68.3. The zero-order valence-corrected chi connectivity index (χ0v) is 94.7. The second-order valence-electron chi connectivity index (χ2n) is 45.2. The molecule has 10 nitrogen and oxygen atoms in total. The Balaban J connectivity index is 0.000000243. The molecule has 0 bridgehead atoms. The van der Waals surface area contributed by atoms with Crippen LogP contribution >= 0.6 is 42.9 Å². The fraction of sp³-hybridized carbons (Fsp3) is 0.429. The lowest BCUT2D eigenvalue weighted by atomic mass is 10.1. The van der Waals surface area contributed by atoms with E-state index in [0.29, 0.717) is 71.7 Å². The van der Waals surface area contributed by atoms with Crippen molar-refractivity contribution < 1.29 is 25.5 Å². The van der Waals surface area contributed by atoms with Crippen LogP contribution in [0.15, 0.2) is 194 Å². The molecular formula is C105H162N5O5P5Si6. The first-order chi connectivity index (χ1) is 57.8. The van der Waals surface area contributed by atoms with Gasteiger partial charge in [0.2, 0.25) is 0 Å². The second-order valence-corrected chi connectivity index (χ2v) is 82.1. The van der Waals surface area contributed by atoms with Gasteiger partial charge in [-0.05, 0) is 205 Å². The molecule has 10 aromatic carbocycles. The fourth-order valence-electron chi connectivity index (χ4n) is 13.4. The highest BCUT2D eigenvalue weighted by molar-refractivity contribution is 7.57. The molecule has 5 atom stereocenters. The molecule has 0 heterocycles. The minimum atomic E-state index is -1.63. The van der Waals surface area contributed by atoms with Crippen LogP contribution in [-0.4, -0.2) is 102 Å². The average Bonchev–Trinajstić information content (AvgIpc) is 0.782. The van der Waals surface area contributed by atoms with E-state index in [4.69, 9.17) is 0 Å². The van der Waals surface area contributed by atoms with Gasteiger partial charge >= 0.3 is 0 Å². The monoisotopic (exact) mass is 1900 g/mol. The van der Waals surface area contributed by atoms with Crippen molar-refractivity contribution in [3.63, 3.8) is 0 Å². The summed E-state index contributed by atoms with van der Waals surface area (Å²) in [4.78, 5) is 0. The molecule has 5 unspecified atom stereocenters. The molecule has 0 amide bonds. The third kappa shape index (κ3) is 36.9. The fourth-order valence-corrected chi connectivity index (χ4v) is 28.4. The van der Waals surface area contributed by atoms with Crippen molar-refractivity contribution in [2.75, 3.05) is 0 Å². The lowest BCUT2D eigenvalue weighted by Crippen LogP contribution is -2.47. The maximum atomic E-state index is 11.2. The van der Waals surface area contributed by atoms with Crippen LogP contribution in [0.1, 0.15) is 143 Å².